The van der Waals surface area contributed by atoms with Gasteiger partial charge in [-0.25, -0.2) is 4.98 Å². The number of benzene rings is 2. The second-order valence-corrected chi connectivity index (χ2v) is 5.70. The van der Waals surface area contributed by atoms with Gasteiger partial charge in [0.25, 0.3) is 0 Å². The zero-order valence-electron chi connectivity index (χ0n) is 12.0. The van der Waals surface area contributed by atoms with Crippen molar-refractivity contribution in [1.82, 2.24) is 14.9 Å². The largest absolute Gasteiger partial charge is 0.328 e. The smallest absolute Gasteiger partial charge is 0.140 e. The molecule has 0 atom stereocenters. The number of piperidine rings is 1. The Kier molecular flexibility index (Phi) is 3.20. The highest BCUT2D eigenvalue weighted by Gasteiger charge is 2.18. The summed E-state index contributed by atoms with van der Waals surface area (Å²) in [4.78, 5) is 4.61. The highest BCUT2D eigenvalue weighted by atomic mass is 15.1. The number of hydrogen-bond acceptors (Lipinski definition) is 2. The van der Waals surface area contributed by atoms with E-state index in [9.17, 15) is 0 Å². The Hall–Kier alpha value is -2.13. The van der Waals surface area contributed by atoms with Crippen molar-refractivity contribution in [3.63, 3.8) is 0 Å². The average Bonchev–Trinajstić information content (AvgIpc) is 3.05. The number of hydrogen-bond donors (Lipinski definition) is 1. The van der Waals surface area contributed by atoms with E-state index in [1.807, 2.05) is 6.20 Å². The fraction of sp³-hybridized carbons (Fsp3) is 0.278. The summed E-state index contributed by atoms with van der Waals surface area (Å²) in [6.45, 7) is 2.19. The lowest BCUT2D eigenvalue weighted by molar-refractivity contribution is 0.370. The molecular weight excluding hydrogens is 258 g/mol. The fourth-order valence-electron chi connectivity index (χ4n) is 3.24. The molecule has 2 aromatic carbocycles. The maximum absolute atomic E-state index is 4.61. The van der Waals surface area contributed by atoms with Gasteiger partial charge in [-0.1, -0.05) is 36.4 Å². The molecule has 21 heavy (non-hydrogen) atoms. The van der Waals surface area contributed by atoms with Crippen LogP contribution in [-0.2, 0) is 0 Å². The van der Waals surface area contributed by atoms with Gasteiger partial charge in [0.15, 0.2) is 0 Å². The second-order valence-electron chi connectivity index (χ2n) is 5.70. The summed E-state index contributed by atoms with van der Waals surface area (Å²) in [6, 6.07) is 15.7. The Bertz CT molecular complexity index is 754. The van der Waals surface area contributed by atoms with Gasteiger partial charge in [-0.3, -0.25) is 0 Å². The van der Waals surface area contributed by atoms with Crippen molar-refractivity contribution in [2.24, 2.45) is 0 Å². The highest BCUT2D eigenvalue weighted by molar-refractivity contribution is 5.86. The number of rotatable bonds is 2. The normalized spacial score (nSPS) is 16.4. The van der Waals surface area contributed by atoms with Gasteiger partial charge < -0.3 is 9.88 Å². The number of aromatic nitrogens is 2. The summed E-state index contributed by atoms with van der Waals surface area (Å²) in [5.41, 5.74) is 1.21. The fourth-order valence-corrected chi connectivity index (χ4v) is 3.24. The minimum Gasteiger partial charge on any atom is -0.328 e. The molecule has 3 heteroatoms. The van der Waals surface area contributed by atoms with Crippen LogP contribution in [-0.4, -0.2) is 22.6 Å². The molecule has 0 radical (unpaired) electrons. The topological polar surface area (TPSA) is 29.9 Å². The molecule has 3 nitrogen and oxygen atoms in total. The number of nitrogens with zero attached hydrogens (tertiary/aromatic N) is 2. The zero-order valence-corrected chi connectivity index (χ0v) is 12.0. The van der Waals surface area contributed by atoms with Crippen LogP contribution >= 0.6 is 0 Å². The maximum atomic E-state index is 4.61. The second kappa shape index (κ2) is 5.34. The van der Waals surface area contributed by atoms with Gasteiger partial charge in [-0.15, -0.1) is 0 Å². The van der Waals surface area contributed by atoms with Gasteiger partial charge in [-0.2, -0.15) is 0 Å². The van der Waals surface area contributed by atoms with Crippen LogP contribution in [0.3, 0.4) is 0 Å². The van der Waals surface area contributed by atoms with Gasteiger partial charge in [0, 0.05) is 24.0 Å². The Morgan fingerprint density at radius 3 is 2.67 bits per heavy atom. The highest BCUT2D eigenvalue weighted by Crippen LogP contribution is 2.28. The van der Waals surface area contributed by atoms with Gasteiger partial charge in [0.2, 0.25) is 0 Å². The molecule has 2 heterocycles. The molecule has 1 aliphatic heterocycles. The maximum Gasteiger partial charge on any atom is 0.140 e. The summed E-state index contributed by atoms with van der Waals surface area (Å²) in [5, 5.41) is 5.98. The van der Waals surface area contributed by atoms with E-state index >= 15 is 0 Å². The summed E-state index contributed by atoms with van der Waals surface area (Å²) >= 11 is 0. The summed E-state index contributed by atoms with van der Waals surface area (Å²) in [6.07, 6.45) is 6.40. The van der Waals surface area contributed by atoms with Crippen LogP contribution in [0.2, 0.25) is 0 Å². The zero-order chi connectivity index (χ0) is 14.1. The lowest BCUT2D eigenvalue weighted by atomic mass is 10.0. The molecule has 0 bridgehead atoms. The van der Waals surface area contributed by atoms with Gasteiger partial charge in [0.05, 0.1) is 0 Å². The van der Waals surface area contributed by atoms with Crippen LogP contribution in [0, 0.1) is 0 Å². The van der Waals surface area contributed by atoms with Crippen molar-refractivity contribution in [2.45, 2.75) is 18.9 Å². The van der Waals surface area contributed by atoms with E-state index < -0.39 is 0 Å². The van der Waals surface area contributed by atoms with Crippen molar-refractivity contribution in [2.75, 3.05) is 13.1 Å². The molecule has 1 saturated heterocycles. The molecule has 1 aromatic heterocycles. The first-order valence-corrected chi connectivity index (χ1v) is 7.64. The first-order valence-electron chi connectivity index (χ1n) is 7.64. The summed E-state index contributed by atoms with van der Waals surface area (Å²) < 4.78 is 2.35. The Balaban J connectivity index is 1.76. The van der Waals surface area contributed by atoms with E-state index in [1.165, 1.54) is 29.2 Å². The molecule has 0 aliphatic carbocycles. The molecule has 0 spiro atoms. The summed E-state index contributed by atoms with van der Waals surface area (Å²) in [7, 11) is 0. The van der Waals surface area contributed by atoms with Crippen molar-refractivity contribution >= 4 is 10.8 Å². The van der Waals surface area contributed by atoms with Crippen molar-refractivity contribution in [3.05, 3.63) is 54.9 Å². The predicted octanol–water partition coefficient (Wildman–Crippen LogP) is 3.63. The summed E-state index contributed by atoms with van der Waals surface area (Å²) in [5.74, 6) is 1.09. The van der Waals surface area contributed by atoms with E-state index in [0.717, 1.165) is 18.9 Å². The van der Waals surface area contributed by atoms with Gasteiger partial charge in [0.1, 0.15) is 5.82 Å². The molecule has 3 aromatic rings. The van der Waals surface area contributed by atoms with E-state index in [-0.39, 0.29) is 0 Å². The minimum absolute atomic E-state index is 0.565. The molecule has 106 valence electrons. The molecule has 0 amide bonds. The Morgan fingerprint density at radius 2 is 1.81 bits per heavy atom. The van der Waals surface area contributed by atoms with Gasteiger partial charge in [-0.05, 0) is 42.8 Å². The first-order chi connectivity index (χ1) is 10.4. The van der Waals surface area contributed by atoms with Crippen LogP contribution in [0.1, 0.15) is 18.9 Å². The molecule has 1 aliphatic rings. The monoisotopic (exact) mass is 277 g/mol. The molecule has 1 fully saturated rings. The minimum atomic E-state index is 0.565. The molecular formula is C18H19N3. The van der Waals surface area contributed by atoms with Crippen LogP contribution in [0.4, 0.5) is 0 Å². The van der Waals surface area contributed by atoms with Crippen LogP contribution < -0.4 is 5.32 Å². The molecule has 0 unspecified atom stereocenters. The molecule has 4 rings (SSSR count). The van der Waals surface area contributed by atoms with Crippen molar-refractivity contribution in [3.8, 4) is 11.4 Å². The Morgan fingerprint density at radius 1 is 1.00 bits per heavy atom. The van der Waals surface area contributed by atoms with E-state index in [1.54, 1.807) is 0 Å². The third-order valence-corrected chi connectivity index (χ3v) is 4.38. The van der Waals surface area contributed by atoms with Gasteiger partial charge >= 0.3 is 0 Å². The van der Waals surface area contributed by atoms with E-state index in [2.05, 4.69) is 63.5 Å². The molecule has 1 N–H and O–H groups in total. The van der Waals surface area contributed by atoms with E-state index in [4.69, 9.17) is 0 Å². The third kappa shape index (κ3) is 2.34. The van der Waals surface area contributed by atoms with E-state index in [0.29, 0.717) is 6.04 Å². The standard InChI is InChI=1S/C18H19N3/c1-2-4-15-13-16(6-5-14(15)3-1)18-20-11-12-21(18)17-7-9-19-10-8-17/h1-6,11-13,17,19H,7-10H2. The quantitative estimate of drug-likeness (QED) is 0.775. The molecule has 0 saturated carbocycles. The number of imidazole rings is 1. The predicted molar refractivity (Wildman–Crippen MR) is 86.3 cm³/mol. The van der Waals surface area contributed by atoms with Crippen LogP contribution in [0.25, 0.3) is 22.2 Å². The number of fused-ring (bicyclic) bond motifs is 1. The van der Waals surface area contributed by atoms with Crippen LogP contribution in [0.15, 0.2) is 54.9 Å². The van der Waals surface area contributed by atoms with Crippen molar-refractivity contribution < 1.29 is 0 Å². The third-order valence-electron chi connectivity index (χ3n) is 4.38. The Labute approximate surface area is 124 Å². The lowest BCUT2D eigenvalue weighted by Crippen LogP contribution is -2.29. The first kappa shape index (κ1) is 12.6. The number of nitrogens with one attached hydrogen (secondary N) is 1. The lowest BCUT2D eigenvalue weighted by Gasteiger charge is -2.25. The SMILES string of the molecule is c1ccc2cc(-c3nccn3C3CCNCC3)ccc2c1. The van der Waals surface area contributed by atoms with Crippen molar-refractivity contribution in [1.29, 1.82) is 0 Å². The average molecular weight is 277 g/mol. The van der Waals surface area contributed by atoms with Crippen LogP contribution in [0.5, 0.6) is 0 Å².